The summed E-state index contributed by atoms with van der Waals surface area (Å²) < 4.78 is 0. The number of likely N-dealkylation sites (tertiary alicyclic amines) is 1. The summed E-state index contributed by atoms with van der Waals surface area (Å²) in [6.07, 6.45) is 15.9. The molecule has 1 aliphatic heterocycles. The summed E-state index contributed by atoms with van der Waals surface area (Å²) in [4.78, 5) is 24.1. The van der Waals surface area contributed by atoms with Gasteiger partial charge >= 0.3 is 0 Å². The van der Waals surface area contributed by atoms with Crippen molar-refractivity contribution in [1.29, 1.82) is 0 Å². The Hall–Kier alpha value is -1.20. The number of thiazole rings is 1. The fourth-order valence-electron chi connectivity index (χ4n) is 10.9. The Labute approximate surface area is 228 Å². The van der Waals surface area contributed by atoms with Gasteiger partial charge in [-0.05, 0) is 112 Å². The molecule has 0 N–H and O–H groups in total. The number of carbonyl (C=O) groups is 1. The van der Waals surface area contributed by atoms with Gasteiger partial charge in [-0.25, -0.2) is 4.98 Å². The molecular formula is C32H47N3OS. The van der Waals surface area contributed by atoms with Crippen LogP contribution in [0.15, 0.2) is 11.6 Å². The predicted molar refractivity (Wildman–Crippen MR) is 151 cm³/mol. The number of carbonyl (C=O) groups excluding carboxylic acids is 1. The van der Waals surface area contributed by atoms with Crippen LogP contribution in [0.2, 0.25) is 0 Å². The highest BCUT2D eigenvalue weighted by molar-refractivity contribution is 7.13. The number of hydrogen-bond donors (Lipinski definition) is 0. The van der Waals surface area contributed by atoms with Crippen LogP contribution in [-0.2, 0) is 0 Å². The lowest BCUT2D eigenvalue weighted by Gasteiger charge is -2.59. The zero-order chi connectivity index (χ0) is 25.9. The molecule has 2 heterocycles. The summed E-state index contributed by atoms with van der Waals surface area (Å²) in [5.74, 6) is 3.31. The Morgan fingerprint density at radius 3 is 2.73 bits per heavy atom. The van der Waals surface area contributed by atoms with Gasteiger partial charge in [-0.2, -0.15) is 0 Å². The normalized spacial score (nSPS) is 44.7. The van der Waals surface area contributed by atoms with E-state index in [9.17, 15) is 4.79 Å². The van der Waals surface area contributed by atoms with Crippen molar-refractivity contribution in [2.45, 2.75) is 110 Å². The fourth-order valence-corrected chi connectivity index (χ4v) is 12.0. The quantitative estimate of drug-likeness (QED) is 0.398. The summed E-state index contributed by atoms with van der Waals surface area (Å²) in [7, 11) is 4.46. The number of fused-ring (bicyclic) bond motifs is 4. The maximum absolute atomic E-state index is 13.6. The van der Waals surface area contributed by atoms with E-state index < -0.39 is 0 Å². The molecule has 4 nitrogen and oxygen atoms in total. The maximum Gasteiger partial charge on any atom is 0.265 e. The van der Waals surface area contributed by atoms with E-state index in [1.807, 2.05) is 6.92 Å². The van der Waals surface area contributed by atoms with Crippen LogP contribution in [-0.4, -0.2) is 53.4 Å². The van der Waals surface area contributed by atoms with Crippen LogP contribution in [0.1, 0.15) is 111 Å². The van der Waals surface area contributed by atoms with Crippen LogP contribution in [0, 0.1) is 40.9 Å². The summed E-state index contributed by atoms with van der Waals surface area (Å²) in [5.41, 5.74) is 4.28. The predicted octanol–water partition coefficient (Wildman–Crippen LogP) is 7.05. The van der Waals surface area contributed by atoms with E-state index in [4.69, 9.17) is 4.98 Å². The highest BCUT2D eigenvalue weighted by atomic mass is 32.1. The summed E-state index contributed by atoms with van der Waals surface area (Å²) in [5, 5.41) is 1.11. The lowest BCUT2D eigenvalue weighted by Crippen LogP contribution is -2.53. The molecule has 2 spiro atoms. The number of hydrogen-bond acceptors (Lipinski definition) is 4. The first kappa shape index (κ1) is 24.8. The van der Waals surface area contributed by atoms with Crippen LogP contribution in [0.25, 0.3) is 0 Å². The number of allylic oxidation sites excluding steroid dienone is 1. The molecule has 1 aromatic rings. The van der Waals surface area contributed by atoms with Gasteiger partial charge in [0.15, 0.2) is 0 Å². The number of amides is 1. The molecular weight excluding hydrogens is 474 g/mol. The molecule has 202 valence electrons. The SMILES string of the molecule is CCC(C)c1nc(C)c(C(=O)N(C)[C@H]2CC[C@@]3(C)C(=CC[C@@H]4C3CC[C@]35CN(C)[C@H]6C[C@@]63CC[C@@H]45)C2)s1. The minimum atomic E-state index is 0.188. The lowest BCUT2D eigenvalue weighted by atomic mass is 9.46. The molecule has 2 unspecified atom stereocenters. The Morgan fingerprint density at radius 2 is 1.97 bits per heavy atom. The number of nitrogens with zero attached hydrogens (tertiary/aromatic N) is 3. The first-order valence-corrected chi connectivity index (χ1v) is 16.1. The van der Waals surface area contributed by atoms with E-state index in [1.54, 1.807) is 16.9 Å². The summed E-state index contributed by atoms with van der Waals surface area (Å²) in [6.45, 7) is 10.4. The Kier molecular flexibility index (Phi) is 5.47. The smallest absolute Gasteiger partial charge is 0.265 e. The lowest BCUT2D eigenvalue weighted by molar-refractivity contribution is -0.0538. The van der Waals surface area contributed by atoms with Crippen LogP contribution in [0.4, 0.5) is 0 Å². The molecule has 5 aliphatic carbocycles. The van der Waals surface area contributed by atoms with E-state index in [-0.39, 0.29) is 5.91 Å². The van der Waals surface area contributed by atoms with E-state index in [0.29, 0.717) is 28.2 Å². The van der Waals surface area contributed by atoms with Crippen LogP contribution in [0.5, 0.6) is 0 Å². The van der Waals surface area contributed by atoms with E-state index in [0.717, 1.165) is 58.6 Å². The topological polar surface area (TPSA) is 36.4 Å². The third-order valence-electron chi connectivity index (χ3n) is 13.2. The molecule has 7 rings (SSSR count). The average Bonchev–Trinajstić information content (AvgIpc) is 3.27. The molecule has 0 radical (unpaired) electrons. The Balaban J connectivity index is 1.10. The molecule has 1 amide bonds. The molecule has 5 fully saturated rings. The molecule has 1 saturated heterocycles. The van der Waals surface area contributed by atoms with Gasteiger partial charge in [0.1, 0.15) is 4.88 Å². The van der Waals surface area contributed by atoms with Gasteiger partial charge in [0.2, 0.25) is 0 Å². The van der Waals surface area contributed by atoms with Crippen molar-refractivity contribution >= 4 is 17.2 Å². The second-order valence-electron chi connectivity index (χ2n) is 14.4. The first-order chi connectivity index (χ1) is 17.6. The first-order valence-electron chi connectivity index (χ1n) is 15.3. The van der Waals surface area contributed by atoms with E-state index in [2.05, 4.69) is 50.7 Å². The molecule has 5 heteroatoms. The Morgan fingerprint density at radius 1 is 1.22 bits per heavy atom. The van der Waals surface area contributed by atoms with Gasteiger partial charge in [0.05, 0.1) is 10.7 Å². The van der Waals surface area contributed by atoms with Gasteiger partial charge in [-0.3, -0.25) is 4.79 Å². The van der Waals surface area contributed by atoms with Crippen LogP contribution in [0.3, 0.4) is 0 Å². The second kappa shape index (κ2) is 8.16. The van der Waals surface area contributed by atoms with Gasteiger partial charge < -0.3 is 9.80 Å². The monoisotopic (exact) mass is 521 g/mol. The van der Waals surface area contributed by atoms with Crippen molar-refractivity contribution in [3.8, 4) is 0 Å². The van der Waals surface area contributed by atoms with Crippen molar-refractivity contribution in [3.63, 3.8) is 0 Å². The van der Waals surface area contributed by atoms with E-state index >= 15 is 0 Å². The zero-order valence-electron chi connectivity index (χ0n) is 24.0. The summed E-state index contributed by atoms with van der Waals surface area (Å²) >= 11 is 1.63. The minimum absolute atomic E-state index is 0.188. The largest absolute Gasteiger partial charge is 0.338 e. The molecule has 4 saturated carbocycles. The van der Waals surface area contributed by atoms with Crippen molar-refractivity contribution in [2.24, 2.45) is 34.0 Å². The molecule has 6 aliphatic rings. The number of piperidine rings is 1. The van der Waals surface area contributed by atoms with Gasteiger partial charge in [0, 0.05) is 31.6 Å². The van der Waals surface area contributed by atoms with Gasteiger partial charge in [0.25, 0.3) is 5.91 Å². The molecule has 37 heavy (non-hydrogen) atoms. The van der Waals surface area contributed by atoms with Crippen molar-refractivity contribution in [3.05, 3.63) is 27.2 Å². The summed E-state index contributed by atoms with van der Waals surface area (Å²) in [6, 6.07) is 1.23. The number of rotatable bonds is 4. The second-order valence-corrected chi connectivity index (χ2v) is 15.4. The van der Waals surface area contributed by atoms with Crippen LogP contribution >= 0.6 is 11.3 Å². The maximum atomic E-state index is 13.6. The fraction of sp³-hybridized carbons (Fsp3) is 0.812. The van der Waals surface area contributed by atoms with Crippen molar-refractivity contribution in [2.75, 3.05) is 20.6 Å². The third-order valence-corrected chi connectivity index (χ3v) is 14.6. The highest BCUT2D eigenvalue weighted by Gasteiger charge is 2.78. The molecule has 1 aromatic heterocycles. The molecule has 0 aromatic carbocycles. The van der Waals surface area contributed by atoms with Gasteiger partial charge in [-0.15, -0.1) is 11.3 Å². The standard InChI is InChI=1S/C32H47N3OS/c1-7-19(2)28-33-20(3)27(37-28)29(36)35(6)22-10-13-30(4)21(16-22)8-9-23-24(30)11-15-32-18-34(5)26-17-31(26,32)14-12-25(23)32/h8,19,22-26H,7,9-18H2,1-6H3/t19?,22-,23+,24?,25-,26-,30-,31-,32+/m0/s1. The van der Waals surface area contributed by atoms with Crippen LogP contribution < -0.4 is 0 Å². The van der Waals surface area contributed by atoms with Crippen molar-refractivity contribution in [1.82, 2.24) is 14.8 Å². The number of aryl methyl sites for hydroxylation is 1. The Bertz CT molecular complexity index is 1160. The van der Waals surface area contributed by atoms with Crippen molar-refractivity contribution < 1.29 is 4.79 Å². The van der Waals surface area contributed by atoms with E-state index in [1.165, 1.54) is 51.5 Å². The zero-order valence-corrected chi connectivity index (χ0v) is 24.8. The minimum Gasteiger partial charge on any atom is -0.338 e. The molecule has 9 atom stereocenters. The number of aromatic nitrogens is 1. The highest BCUT2D eigenvalue weighted by Crippen LogP contribution is 2.80. The molecule has 0 bridgehead atoms. The van der Waals surface area contributed by atoms with Gasteiger partial charge in [-0.1, -0.05) is 32.4 Å². The average molecular weight is 522 g/mol. The third kappa shape index (κ3) is 3.16.